The van der Waals surface area contributed by atoms with E-state index in [-0.39, 0.29) is 0 Å². The fourth-order valence-corrected chi connectivity index (χ4v) is 5.89. The Morgan fingerprint density at radius 2 is 2.00 bits per heavy atom. The van der Waals surface area contributed by atoms with Crippen molar-refractivity contribution in [3.05, 3.63) is 0 Å². The Morgan fingerprint density at radius 1 is 1.26 bits per heavy atom. The molecule has 1 aromatic rings. The molecule has 1 heterocycles. The van der Waals surface area contributed by atoms with E-state index in [2.05, 4.69) is 42.5 Å². The van der Waals surface area contributed by atoms with Gasteiger partial charge >= 0.3 is 0 Å². The minimum absolute atomic E-state index is 0.607. The summed E-state index contributed by atoms with van der Waals surface area (Å²) in [5.74, 6) is 1.56. The van der Waals surface area contributed by atoms with Gasteiger partial charge in [-0.1, -0.05) is 55.6 Å². The smallest absolute Gasteiger partial charge is 0.175 e. The molecule has 1 saturated carbocycles. The van der Waals surface area contributed by atoms with Crippen LogP contribution >= 0.6 is 34.9 Å². The molecule has 2 rings (SSSR count). The molecular weight excluding hydrogens is 294 g/mol. The second-order valence-corrected chi connectivity index (χ2v) is 8.79. The van der Waals surface area contributed by atoms with Crippen LogP contribution in [0, 0.1) is 11.8 Å². The zero-order chi connectivity index (χ0) is 13.8. The largest absolute Gasteiger partial charge is 0.313 e. The molecule has 0 aliphatic heterocycles. The van der Waals surface area contributed by atoms with E-state index < -0.39 is 0 Å². The molecule has 3 nitrogen and oxygen atoms in total. The Morgan fingerprint density at radius 3 is 2.63 bits per heavy atom. The molecule has 1 fully saturated rings. The van der Waals surface area contributed by atoms with E-state index in [1.807, 2.05) is 11.8 Å². The van der Waals surface area contributed by atoms with Crippen molar-refractivity contribution in [1.82, 2.24) is 15.5 Å². The van der Waals surface area contributed by atoms with Gasteiger partial charge < -0.3 is 5.32 Å². The second-order valence-electron chi connectivity index (χ2n) is 5.34. The quantitative estimate of drug-likeness (QED) is 0.837. The first kappa shape index (κ1) is 15.6. The summed E-state index contributed by atoms with van der Waals surface area (Å²) in [6, 6.07) is 0.607. The van der Waals surface area contributed by atoms with E-state index in [1.54, 1.807) is 23.1 Å². The summed E-state index contributed by atoms with van der Waals surface area (Å²) in [5.41, 5.74) is 0. The zero-order valence-electron chi connectivity index (χ0n) is 12.0. The van der Waals surface area contributed by atoms with E-state index in [0.29, 0.717) is 11.3 Å². The van der Waals surface area contributed by atoms with Crippen LogP contribution in [0.25, 0.3) is 0 Å². The fraction of sp³-hybridized carbons (Fsp3) is 0.846. The highest BCUT2D eigenvalue weighted by Crippen LogP contribution is 2.41. The van der Waals surface area contributed by atoms with Gasteiger partial charge in [0.15, 0.2) is 8.68 Å². The standard InChI is InChI=1S/C13H23N3S3/c1-5-14-10-7-8(2)6-9(3)11(10)18-13-16-15-12(17-4)19-13/h8-11,14H,5-7H2,1-4H3. The van der Waals surface area contributed by atoms with Crippen molar-refractivity contribution in [3.8, 4) is 0 Å². The third kappa shape index (κ3) is 4.09. The molecule has 1 aromatic heterocycles. The van der Waals surface area contributed by atoms with Crippen LogP contribution in [0.5, 0.6) is 0 Å². The Labute approximate surface area is 128 Å². The lowest BCUT2D eigenvalue weighted by Crippen LogP contribution is -2.46. The van der Waals surface area contributed by atoms with Crippen molar-refractivity contribution in [3.63, 3.8) is 0 Å². The number of aromatic nitrogens is 2. The molecule has 1 N–H and O–H groups in total. The van der Waals surface area contributed by atoms with Crippen LogP contribution in [0.4, 0.5) is 0 Å². The maximum absolute atomic E-state index is 4.31. The highest BCUT2D eigenvalue weighted by atomic mass is 32.2. The number of thioether (sulfide) groups is 2. The maximum Gasteiger partial charge on any atom is 0.175 e. The van der Waals surface area contributed by atoms with Crippen LogP contribution in [0.15, 0.2) is 8.68 Å². The first-order chi connectivity index (χ1) is 9.13. The first-order valence-corrected chi connectivity index (χ1v) is 9.83. The van der Waals surface area contributed by atoms with Gasteiger partial charge in [0.2, 0.25) is 0 Å². The van der Waals surface area contributed by atoms with Gasteiger partial charge in [0.25, 0.3) is 0 Å². The van der Waals surface area contributed by atoms with Gasteiger partial charge in [-0.05, 0) is 37.5 Å². The molecule has 0 radical (unpaired) electrons. The topological polar surface area (TPSA) is 37.8 Å². The Bertz CT molecular complexity index is 396. The molecule has 0 saturated heterocycles. The lowest BCUT2D eigenvalue weighted by Gasteiger charge is -2.39. The van der Waals surface area contributed by atoms with Crippen molar-refractivity contribution in [2.45, 2.75) is 53.6 Å². The summed E-state index contributed by atoms with van der Waals surface area (Å²) in [5, 5.41) is 12.8. The summed E-state index contributed by atoms with van der Waals surface area (Å²) in [6.07, 6.45) is 4.67. The van der Waals surface area contributed by atoms with E-state index in [0.717, 1.165) is 27.1 Å². The number of rotatable bonds is 5. The molecule has 0 amide bonds. The molecule has 0 spiro atoms. The van der Waals surface area contributed by atoms with Gasteiger partial charge in [0.1, 0.15) is 0 Å². The molecule has 4 unspecified atom stereocenters. The van der Waals surface area contributed by atoms with Crippen molar-refractivity contribution in [1.29, 1.82) is 0 Å². The highest BCUT2D eigenvalue weighted by molar-refractivity contribution is 8.03. The number of nitrogens with one attached hydrogen (secondary N) is 1. The second kappa shape index (κ2) is 7.29. The summed E-state index contributed by atoms with van der Waals surface area (Å²) in [7, 11) is 0. The van der Waals surface area contributed by atoms with Crippen molar-refractivity contribution >= 4 is 34.9 Å². The third-order valence-corrected chi connectivity index (χ3v) is 7.23. The summed E-state index contributed by atoms with van der Waals surface area (Å²) >= 11 is 5.33. The average Bonchev–Trinajstić information content (AvgIpc) is 2.81. The molecule has 4 atom stereocenters. The van der Waals surface area contributed by atoms with E-state index in [1.165, 1.54) is 12.8 Å². The predicted molar refractivity (Wildman–Crippen MR) is 86.4 cm³/mol. The van der Waals surface area contributed by atoms with Crippen LogP contribution in [0.2, 0.25) is 0 Å². The van der Waals surface area contributed by atoms with Crippen LogP contribution < -0.4 is 5.32 Å². The molecule has 1 aliphatic carbocycles. The fourth-order valence-electron chi connectivity index (χ4n) is 2.93. The van der Waals surface area contributed by atoms with Crippen molar-refractivity contribution in [2.75, 3.05) is 12.8 Å². The van der Waals surface area contributed by atoms with Crippen LogP contribution in [0.3, 0.4) is 0 Å². The summed E-state index contributed by atoms with van der Waals surface area (Å²) in [4.78, 5) is 0. The number of nitrogens with zero attached hydrogens (tertiary/aromatic N) is 2. The SMILES string of the molecule is CCNC1CC(C)CC(C)C1Sc1nnc(SC)s1. The Kier molecular flexibility index (Phi) is 5.99. The minimum atomic E-state index is 0.607. The van der Waals surface area contributed by atoms with Gasteiger partial charge in [0, 0.05) is 11.3 Å². The lowest BCUT2D eigenvalue weighted by atomic mass is 9.80. The molecular formula is C13H23N3S3. The maximum atomic E-state index is 4.31. The van der Waals surface area contributed by atoms with Crippen LogP contribution in [-0.2, 0) is 0 Å². The Balaban J connectivity index is 2.05. The minimum Gasteiger partial charge on any atom is -0.313 e. The summed E-state index contributed by atoms with van der Waals surface area (Å²) in [6.45, 7) is 8.00. The molecule has 0 aromatic carbocycles. The summed E-state index contributed by atoms with van der Waals surface area (Å²) < 4.78 is 2.19. The van der Waals surface area contributed by atoms with Crippen molar-refractivity contribution < 1.29 is 0 Å². The average molecular weight is 318 g/mol. The lowest BCUT2D eigenvalue weighted by molar-refractivity contribution is 0.251. The van der Waals surface area contributed by atoms with Gasteiger partial charge in [-0.3, -0.25) is 0 Å². The zero-order valence-corrected chi connectivity index (χ0v) is 14.5. The molecule has 0 bridgehead atoms. The van der Waals surface area contributed by atoms with E-state index in [9.17, 15) is 0 Å². The van der Waals surface area contributed by atoms with E-state index >= 15 is 0 Å². The van der Waals surface area contributed by atoms with Gasteiger partial charge in [0.05, 0.1) is 0 Å². The molecule has 108 valence electrons. The number of hydrogen-bond donors (Lipinski definition) is 1. The number of hydrogen-bond acceptors (Lipinski definition) is 6. The van der Waals surface area contributed by atoms with Gasteiger partial charge in [-0.25, -0.2) is 0 Å². The van der Waals surface area contributed by atoms with Crippen LogP contribution in [0.1, 0.15) is 33.6 Å². The van der Waals surface area contributed by atoms with Crippen molar-refractivity contribution in [2.24, 2.45) is 11.8 Å². The first-order valence-electron chi connectivity index (χ1n) is 6.91. The molecule has 1 aliphatic rings. The van der Waals surface area contributed by atoms with Gasteiger partial charge in [-0.15, -0.1) is 10.2 Å². The Hall–Kier alpha value is 0.220. The molecule has 19 heavy (non-hydrogen) atoms. The normalized spacial score (nSPS) is 31.6. The highest BCUT2D eigenvalue weighted by Gasteiger charge is 2.34. The molecule has 6 heteroatoms. The monoisotopic (exact) mass is 317 g/mol. The van der Waals surface area contributed by atoms with Crippen LogP contribution in [-0.4, -0.2) is 34.3 Å². The van der Waals surface area contributed by atoms with Gasteiger partial charge in [-0.2, -0.15) is 0 Å². The predicted octanol–water partition coefficient (Wildman–Crippen LogP) is 3.76. The van der Waals surface area contributed by atoms with E-state index in [4.69, 9.17) is 0 Å². The third-order valence-electron chi connectivity index (χ3n) is 3.65.